The second-order valence-electron chi connectivity index (χ2n) is 3.94. The van der Waals surface area contributed by atoms with Gasteiger partial charge >= 0.3 is 0 Å². The van der Waals surface area contributed by atoms with Crippen molar-refractivity contribution in [2.24, 2.45) is 0 Å². The smallest absolute Gasteiger partial charge is 0.269 e. The molecule has 0 N–H and O–H groups in total. The molecule has 2 aromatic carbocycles. The van der Waals surface area contributed by atoms with E-state index in [0.29, 0.717) is 0 Å². The van der Waals surface area contributed by atoms with E-state index in [1.807, 2.05) is 35.7 Å². The lowest BCUT2D eigenvalue weighted by atomic mass is 10.2. The summed E-state index contributed by atoms with van der Waals surface area (Å²) in [6.45, 7) is 0. The lowest BCUT2D eigenvalue weighted by molar-refractivity contribution is -0.384. The van der Waals surface area contributed by atoms with Crippen LogP contribution in [-0.2, 0) is 0 Å². The number of nitro groups is 1. The fourth-order valence-electron chi connectivity index (χ4n) is 1.55. The summed E-state index contributed by atoms with van der Waals surface area (Å²) in [5.74, 6) is 0.824. The van der Waals surface area contributed by atoms with Crippen LogP contribution in [0.15, 0.2) is 58.8 Å². The normalized spacial score (nSPS) is 10.7. The third-order valence-corrected chi connectivity index (χ3v) is 3.44. The molecule has 102 valence electrons. The Labute approximate surface area is 121 Å². The van der Waals surface area contributed by atoms with Crippen LogP contribution >= 0.6 is 11.8 Å². The second kappa shape index (κ2) is 6.77. The molecule has 0 aliphatic heterocycles. The van der Waals surface area contributed by atoms with Crippen LogP contribution in [0.3, 0.4) is 0 Å². The molecule has 0 bridgehead atoms. The monoisotopic (exact) mass is 287 g/mol. The Morgan fingerprint density at radius 2 is 1.75 bits per heavy atom. The highest BCUT2D eigenvalue weighted by atomic mass is 32.2. The number of ether oxygens (including phenoxy) is 1. The number of nitro benzene ring substituents is 1. The zero-order valence-corrected chi connectivity index (χ0v) is 11.7. The minimum absolute atomic E-state index is 0.105. The van der Waals surface area contributed by atoms with E-state index >= 15 is 0 Å². The Hall–Kier alpha value is -2.27. The van der Waals surface area contributed by atoms with Crippen molar-refractivity contribution in [1.29, 1.82) is 0 Å². The largest absolute Gasteiger partial charge is 0.497 e. The number of non-ortho nitro benzene ring substituents is 1. The molecular formula is C15H13NO3S. The first-order chi connectivity index (χ1) is 9.69. The summed E-state index contributed by atoms with van der Waals surface area (Å²) in [5, 5.41) is 12.5. The van der Waals surface area contributed by atoms with Crippen LogP contribution in [0.25, 0.3) is 6.08 Å². The molecule has 0 atom stereocenters. The molecule has 5 heteroatoms. The summed E-state index contributed by atoms with van der Waals surface area (Å²) < 4.78 is 5.09. The van der Waals surface area contributed by atoms with Gasteiger partial charge in [-0.2, -0.15) is 0 Å². The molecule has 0 saturated heterocycles. The van der Waals surface area contributed by atoms with Gasteiger partial charge in [0.2, 0.25) is 0 Å². The summed E-state index contributed by atoms with van der Waals surface area (Å²) in [7, 11) is 1.63. The molecule has 0 aliphatic rings. The quantitative estimate of drug-likeness (QED) is 0.465. The first kappa shape index (κ1) is 14.1. The van der Waals surface area contributed by atoms with Gasteiger partial charge < -0.3 is 4.74 Å². The number of nitrogens with zero attached hydrogens (tertiary/aromatic N) is 1. The van der Waals surface area contributed by atoms with Gasteiger partial charge in [0.05, 0.1) is 12.0 Å². The second-order valence-corrected chi connectivity index (χ2v) is 4.92. The highest BCUT2D eigenvalue weighted by Crippen LogP contribution is 2.23. The lowest BCUT2D eigenvalue weighted by Crippen LogP contribution is -1.86. The Morgan fingerprint density at radius 1 is 1.10 bits per heavy atom. The molecule has 0 saturated carbocycles. The maximum Gasteiger partial charge on any atom is 0.269 e. The molecule has 0 unspecified atom stereocenters. The number of thioether (sulfide) groups is 1. The highest BCUT2D eigenvalue weighted by Gasteiger charge is 2.02. The molecule has 2 rings (SSSR count). The van der Waals surface area contributed by atoms with Crippen molar-refractivity contribution in [3.63, 3.8) is 0 Å². The SMILES string of the molecule is COc1ccc(/C=C/Sc2ccc([N+](=O)[O-])cc2)cc1. The third kappa shape index (κ3) is 3.86. The fourth-order valence-corrected chi connectivity index (χ4v) is 2.23. The Balaban J connectivity index is 1.96. The summed E-state index contributed by atoms with van der Waals surface area (Å²) in [5.41, 5.74) is 1.17. The summed E-state index contributed by atoms with van der Waals surface area (Å²) in [4.78, 5) is 11.1. The van der Waals surface area contributed by atoms with Crippen LogP contribution in [0.2, 0.25) is 0 Å². The molecule has 20 heavy (non-hydrogen) atoms. The molecule has 4 nitrogen and oxygen atoms in total. The summed E-state index contributed by atoms with van der Waals surface area (Å²) in [6, 6.07) is 14.2. The average Bonchev–Trinajstić information content (AvgIpc) is 2.48. The molecular weight excluding hydrogens is 274 g/mol. The van der Waals surface area contributed by atoms with Crippen LogP contribution in [0.4, 0.5) is 5.69 Å². The van der Waals surface area contributed by atoms with Crippen molar-refractivity contribution in [3.05, 3.63) is 69.6 Å². The Morgan fingerprint density at radius 3 is 2.30 bits per heavy atom. The zero-order valence-electron chi connectivity index (χ0n) is 10.9. The van der Waals surface area contributed by atoms with E-state index in [9.17, 15) is 10.1 Å². The minimum Gasteiger partial charge on any atom is -0.497 e. The number of methoxy groups -OCH3 is 1. The maximum absolute atomic E-state index is 10.5. The average molecular weight is 287 g/mol. The van der Waals surface area contributed by atoms with Gasteiger partial charge in [0, 0.05) is 17.0 Å². The van der Waals surface area contributed by atoms with Gasteiger partial charge in [-0.25, -0.2) is 0 Å². The molecule has 0 fully saturated rings. The van der Waals surface area contributed by atoms with E-state index in [1.165, 1.54) is 23.9 Å². The highest BCUT2D eigenvalue weighted by molar-refractivity contribution is 8.02. The van der Waals surface area contributed by atoms with Gasteiger partial charge in [0.15, 0.2) is 0 Å². The van der Waals surface area contributed by atoms with Gasteiger partial charge in [-0.15, -0.1) is 0 Å². The fraction of sp³-hybridized carbons (Fsp3) is 0.0667. The maximum atomic E-state index is 10.5. The van der Waals surface area contributed by atoms with E-state index in [4.69, 9.17) is 4.74 Å². The van der Waals surface area contributed by atoms with Gasteiger partial charge in [-0.1, -0.05) is 23.9 Å². The number of hydrogen-bond donors (Lipinski definition) is 0. The number of rotatable bonds is 5. The first-order valence-corrected chi connectivity index (χ1v) is 6.79. The molecule has 2 aromatic rings. The van der Waals surface area contributed by atoms with E-state index in [1.54, 1.807) is 19.2 Å². The van der Waals surface area contributed by atoms with Crippen LogP contribution in [0, 0.1) is 10.1 Å². The van der Waals surface area contributed by atoms with E-state index < -0.39 is 4.92 Å². The minimum atomic E-state index is -0.401. The van der Waals surface area contributed by atoms with Crippen molar-refractivity contribution in [1.82, 2.24) is 0 Å². The van der Waals surface area contributed by atoms with E-state index in [2.05, 4.69) is 0 Å². The predicted molar refractivity (Wildman–Crippen MR) is 81.0 cm³/mol. The van der Waals surface area contributed by atoms with Crippen molar-refractivity contribution < 1.29 is 9.66 Å². The summed E-state index contributed by atoms with van der Waals surface area (Å²) in [6.07, 6.45) is 1.98. The summed E-state index contributed by atoms with van der Waals surface area (Å²) >= 11 is 1.51. The lowest BCUT2D eigenvalue weighted by Gasteiger charge is -1.99. The van der Waals surface area contributed by atoms with Crippen molar-refractivity contribution >= 4 is 23.5 Å². The number of benzene rings is 2. The Kier molecular flexibility index (Phi) is 4.79. The Bertz CT molecular complexity index is 606. The molecule has 0 aromatic heterocycles. The standard InChI is InChI=1S/C15H13NO3S/c1-19-14-6-2-12(3-7-14)10-11-20-15-8-4-13(5-9-15)16(17)18/h2-11H,1H3/b11-10+. The zero-order chi connectivity index (χ0) is 14.4. The van der Waals surface area contributed by atoms with Crippen molar-refractivity contribution in [3.8, 4) is 5.75 Å². The number of hydrogen-bond acceptors (Lipinski definition) is 4. The van der Waals surface area contributed by atoms with E-state index in [0.717, 1.165) is 16.2 Å². The predicted octanol–water partition coefficient (Wildman–Crippen LogP) is 4.37. The van der Waals surface area contributed by atoms with Crippen LogP contribution < -0.4 is 4.74 Å². The van der Waals surface area contributed by atoms with Gasteiger partial charge in [0.1, 0.15) is 5.75 Å². The van der Waals surface area contributed by atoms with Crippen molar-refractivity contribution in [2.45, 2.75) is 4.90 Å². The van der Waals surface area contributed by atoms with Gasteiger partial charge in [-0.3, -0.25) is 10.1 Å². The molecule has 0 spiro atoms. The molecule has 0 heterocycles. The van der Waals surface area contributed by atoms with Gasteiger partial charge in [-0.05, 0) is 41.3 Å². The van der Waals surface area contributed by atoms with Crippen LogP contribution in [-0.4, -0.2) is 12.0 Å². The van der Waals surface area contributed by atoms with Crippen molar-refractivity contribution in [2.75, 3.05) is 7.11 Å². The van der Waals surface area contributed by atoms with Gasteiger partial charge in [0.25, 0.3) is 5.69 Å². The van der Waals surface area contributed by atoms with Crippen LogP contribution in [0.1, 0.15) is 5.56 Å². The topological polar surface area (TPSA) is 52.4 Å². The molecule has 0 amide bonds. The first-order valence-electron chi connectivity index (χ1n) is 5.91. The van der Waals surface area contributed by atoms with Crippen LogP contribution in [0.5, 0.6) is 5.75 Å². The van der Waals surface area contributed by atoms with E-state index in [-0.39, 0.29) is 5.69 Å². The molecule has 0 aliphatic carbocycles. The molecule has 0 radical (unpaired) electrons. The third-order valence-electron chi connectivity index (χ3n) is 2.63.